The summed E-state index contributed by atoms with van der Waals surface area (Å²) in [6, 6.07) is 5.34. The number of benzene rings is 1. The van der Waals surface area contributed by atoms with Crippen LogP contribution in [0.4, 0.5) is 0 Å². The first-order chi connectivity index (χ1) is 8.67. The summed E-state index contributed by atoms with van der Waals surface area (Å²) in [7, 11) is 0. The monoisotopic (exact) mass is 312 g/mol. The first-order valence-corrected chi connectivity index (χ1v) is 7.17. The molecule has 0 saturated carbocycles. The lowest BCUT2D eigenvalue weighted by Gasteiger charge is -2.16. The number of aliphatic imine (C=N–C) groups is 1. The smallest absolute Gasteiger partial charge is 0.124 e. The molecule has 0 radical (unpaired) electrons. The predicted molar refractivity (Wildman–Crippen MR) is 80.7 cm³/mol. The molecule has 0 saturated heterocycles. The minimum absolute atomic E-state index is 0.269. The summed E-state index contributed by atoms with van der Waals surface area (Å²) in [4.78, 5) is 6.73. The number of phenolic OH excluding ortho intramolecular Hbond substituents is 1. The number of aromatic hydroxyl groups is 1. The standard InChI is InChI=1S/C14H21BrN2O/c1-3-17(4-2)9-5-8-16-11-12-10-13(15)6-7-14(12)18/h6-7,10-11,18H,3-5,8-9H2,1-2H3. The van der Waals surface area contributed by atoms with E-state index in [1.807, 2.05) is 12.1 Å². The van der Waals surface area contributed by atoms with E-state index in [1.165, 1.54) is 0 Å². The molecule has 0 unspecified atom stereocenters. The van der Waals surface area contributed by atoms with Crippen LogP contribution in [0.1, 0.15) is 25.8 Å². The molecule has 18 heavy (non-hydrogen) atoms. The van der Waals surface area contributed by atoms with Crippen molar-refractivity contribution in [3.8, 4) is 5.75 Å². The third-order valence-electron chi connectivity index (χ3n) is 2.88. The van der Waals surface area contributed by atoms with Crippen molar-refractivity contribution in [3.05, 3.63) is 28.2 Å². The molecule has 0 spiro atoms. The Morgan fingerprint density at radius 3 is 2.72 bits per heavy atom. The molecule has 0 amide bonds. The van der Waals surface area contributed by atoms with Gasteiger partial charge in [-0.05, 0) is 44.3 Å². The van der Waals surface area contributed by atoms with Crippen molar-refractivity contribution in [1.29, 1.82) is 0 Å². The maximum atomic E-state index is 9.64. The Hall–Kier alpha value is -0.870. The van der Waals surface area contributed by atoms with Crippen LogP contribution >= 0.6 is 15.9 Å². The highest BCUT2D eigenvalue weighted by atomic mass is 79.9. The molecule has 0 fully saturated rings. The van der Waals surface area contributed by atoms with Crippen LogP contribution in [0.3, 0.4) is 0 Å². The lowest BCUT2D eigenvalue weighted by atomic mass is 10.2. The summed E-state index contributed by atoms with van der Waals surface area (Å²) >= 11 is 3.38. The maximum Gasteiger partial charge on any atom is 0.124 e. The number of hydrogen-bond donors (Lipinski definition) is 1. The molecule has 1 aromatic rings. The molecule has 0 aliphatic heterocycles. The van der Waals surface area contributed by atoms with Gasteiger partial charge in [-0.25, -0.2) is 0 Å². The second-order valence-electron chi connectivity index (χ2n) is 4.12. The quantitative estimate of drug-likeness (QED) is 0.619. The lowest BCUT2D eigenvalue weighted by Crippen LogP contribution is -2.24. The van der Waals surface area contributed by atoms with Gasteiger partial charge in [-0.3, -0.25) is 4.99 Å². The van der Waals surface area contributed by atoms with Crippen molar-refractivity contribution in [3.63, 3.8) is 0 Å². The SMILES string of the molecule is CCN(CC)CCCN=Cc1cc(Br)ccc1O. The molecule has 0 bridgehead atoms. The van der Waals surface area contributed by atoms with Gasteiger partial charge >= 0.3 is 0 Å². The van der Waals surface area contributed by atoms with Crippen LogP contribution in [-0.2, 0) is 0 Å². The van der Waals surface area contributed by atoms with Crippen molar-refractivity contribution in [1.82, 2.24) is 4.90 Å². The first-order valence-electron chi connectivity index (χ1n) is 6.38. The molecule has 0 aromatic heterocycles. The summed E-state index contributed by atoms with van der Waals surface area (Å²) in [6.07, 6.45) is 2.79. The second kappa shape index (κ2) is 8.27. The first kappa shape index (κ1) is 15.2. The average Bonchev–Trinajstić information content (AvgIpc) is 2.38. The summed E-state index contributed by atoms with van der Waals surface area (Å²) in [5.74, 6) is 0.269. The Labute approximate surface area is 118 Å². The molecule has 1 aromatic carbocycles. The zero-order chi connectivity index (χ0) is 13.4. The molecule has 0 aliphatic rings. The van der Waals surface area contributed by atoms with Gasteiger partial charge in [0.25, 0.3) is 0 Å². The van der Waals surface area contributed by atoms with Gasteiger partial charge in [-0.1, -0.05) is 29.8 Å². The van der Waals surface area contributed by atoms with Gasteiger partial charge in [0.1, 0.15) is 5.75 Å². The van der Waals surface area contributed by atoms with Gasteiger partial charge in [0, 0.05) is 22.8 Å². The molecule has 100 valence electrons. The fourth-order valence-electron chi connectivity index (χ4n) is 1.72. The van der Waals surface area contributed by atoms with E-state index in [9.17, 15) is 5.11 Å². The summed E-state index contributed by atoms with van der Waals surface area (Å²) in [6.45, 7) is 8.40. The highest BCUT2D eigenvalue weighted by molar-refractivity contribution is 9.10. The van der Waals surface area contributed by atoms with E-state index in [2.05, 4.69) is 39.7 Å². The van der Waals surface area contributed by atoms with E-state index in [-0.39, 0.29) is 5.75 Å². The van der Waals surface area contributed by atoms with Gasteiger partial charge in [-0.2, -0.15) is 0 Å². The molecule has 3 nitrogen and oxygen atoms in total. The molecular weight excluding hydrogens is 292 g/mol. The highest BCUT2D eigenvalue weighted by Crippen LogP contribution is 2.19. The zero-order valence-corrected chi connectivity index (χ0v) is 12.7. The Morgan fingerprint density at radius 2 is 2.06 bits per heavy atom. The van der Waals surface area contributed by atoms with Crippen LogP contribution in [0.25, 0.3) is 0 Å². The van der Waals surface area contributed by atoms with Crippen molar-refractivity contribution in [2.75, 3.05) is 26.2 Å². The van der Waals surface area contributed by atoms with Crippen LogP contribution in [0.5, 0.6) is 5.75 Å². The Balaban J connectivity index is 2.38. The van der Waals surface area contributed by atoms with Crippen LogP contribution in [-0.4, -0.2) is 42.4 Å². The van der Waals surface area contributed by atoms with Gasteiger partial charge in [0.2, 0.25) is 0 Å². The Kier molecular flexibility index (Phi) is 6.98. The van der Waals surface area contributed by atoms with E-state index < -0.39 is 0 Å². The fraction of sp³-hybridized carbons (Fsp3) is 0.500. The number of hydrogen-bond acceptors (Lipinski definition) is 3. The number of nitrogens with zero attached hydrogens (tertiary/aromatic N) is 2. The van der Waals surface area contributed by atoms with Gasteiger partial charge in [0.05, 0.1) is 0 Å². The Bertz CT molecular complexity index is 389. The fourth-order valence-corrected chi connectivity index (χ4v) is 2.10. The predicted octanol–water partition coefficient (Wildman–Crippen LogP) is 3.31. The van der Waals surface area contributed by atoms with Crippen LogP contribution in [0.2, 0.25) is 0 Å². The minimum Gasteiger partial charge on any atom is -0.507 e. The van der Waals surface area contributed by atoms with Gasteiger partial charge < -0.3 is 10.0 Å². The van der Waals surface area contributed by atoms with Crippen molar-refractivity contribution in [2.45, 2.75) is 20.3 Å². The lowest BCUT2D eigenvalue weighted by molar-refractivity contribution is 0.302. The van der Waals surface area contributed by atoms with Crippen molar-refractivity contribution in [2.24, 2.45) is 4.99 Å². The molecule has 1 rings (SSSR count). The molecule has 0 heterocycles. The number of phenols is 1. The number of rotatable bonds is 7. The minimum atomic E-state index is 0.269. The third kappa shape index (κ3) is 5.19. The third-order valence-corrected chi connectivity index (χ3v) is 3.37. The van der Waals surface area contributed by atoms with Crippen molar-refractivity contribution < 1.29 is 5.11 Å². The topological polar surface area (TPSA) is 35.8 Å². The average molecular weight is 313 g/mol. The molecule has 0 aliphatic carbocycles. The molecular formula is C14H21BrN2O. The van der Waals surface area contributed by atoms with Gasteiger partial charge in [-0.15, -0.1) is 0 Å². The Morgan fingerprint density at radius 1 is 1.33 bits per heavy atom. The van der Waals surface area contributed by atoms with Crippen LogP contribution in [0.15, 0.2) is 27.7 Å². The van der Waals surface area contributed by atoms with E-state index in [0.717, 1.165) is 42.6 Å². The molecule has 1 N–H and O–H groups in total. The normalized spacial score (nSPS) is 11.6. The molecule has 0 atom stereocenters. The van der Waals surface area contributed by atoms with Gasteiger partial charge in [0.15, 0.2) is 0 Å². The molecule has 4 heteroatoms. The van der Waals surface area contributed by atoms with E-state index >= 15 is 0 Å². The highest BCUT2D eigenvalue weighted by Gasteiger charge is 1.99. The van der Waals surface area contributed by atoms with Crippen LogP contribution < -0.4 is 0 Å². The summed E-state index contributed by atoms with van der Waals surface area (Å²) in [5, 5.41) is 9.64. The van der Waals surface area contributed by atoms with E-state index in [4.69, 9.17) is 0 Å². The second-order valence-corrected chi connectivity index (χ2v) is 5.03. The van der Waals surface area contributed by atoms with Crippen LogP contribution in [0, 0.1) is 0 Å². The van der Waals surface area contributed by atoms with Crippen molar-refractivity contribution >= 4 is 22.1 Å². The summed E-state index contributed by atoms with van der Waals surface area (Å²) < 4.78 is 0.949. The zero-order valence-electron chi connectivity index (χ0n) is 11.1. The largest absolute Gasteiger partial charge is 0.507 e. The van der Waals surface area contributed by atoms with E-state index in [1.54, 1.807) is 12.3 Å². The number of halogens is 1. The maximum absolute atomic E-state index is 9.64. The van der Waals surface area contributed by atoms with E-state index in [0.29, 0.717) is 0 Å². The summed E-state index contributed by atoms with van der Waals surface area (Å²) in [5.41, 5.74) is 0.757.